The van der Waals surface area contributed by atoms with Crippen molar-refractivity contribution < 1.29 is 19.2 Å². The molecule has 150 valence electrons. The second-order valence-corrected chi connectivity index (χ2v) is 7.73. The Bertz CT molecular complexity index is 1030. The molecule has 4 rings (SSSR count). The second kappa shape index (κ2) is 8.54. The third-order valence-electron chi connectivity index (χ3n) is 5.71. The quantitative estimate of drug-likeness (QED) is 0.591. The number of ketones is 4. The molecule has 4 nitrogen and oxygen atoms in total. The molecular weight excluding hydrogens is 376 g/mol. The first kappa shape index (κ1) is 19.9. The number of benzene rings is 2. The predicted molar refractivity (Wildman–Crippen MR) is 114 cm³/mol. The number of unbranched alkanes of at least 4 members (excludes halogenated alkanes) is 3. The van der Waals surface area contributed by atoms with Gasteiger partial charge in [0.15, 0.2) is 23.1 Å². The van der Waals surface area contributed by atoms with Crippen LogP contribution in [0.2, 0.25) is 0 Å². The summed E-state index contributed by atoms with van der Waals surface area (Å²) in [7, 11) is 0. The number of carbonyl (C=O) groups is 4. The number of fused-ring (bicyclic) bond motifs is 2. The lowest BCUT2D eigenvalue weighted by Crippen LogP contribution is -2.17. The van der Waals surface area contributed by atoms with E-state index in [1.165, 1.54) is 12.2 Å². The van der Waals surface area contributed by atoms with E-state index in [0.717, 1.165) is 25.7 Å². The summed E-state index contributed by atoms with van der Waals surface area (Å²) < 4.78 is 0. The van der Waals surface area contributed by atoms with E-state index < -0.39 is 0 Å². The van der Waals surface area contributed by atoms with Crippen molar-refractivity contribution in [1.29, 1.82) is 0 Å². The van der Waals surface area contributed by atoms with Gasteiger partial charge in [-0.25, -0.2) is 0 Å². The lowest BCUT2D eigenvalue weighted by molar-refractivity contribution is 0.0980. The summed E-state index contributed by atoms with van der Waals surface area (Å²) in [5, 5.41) is 0. The van der Waals surface area contributed by atoms with E-state index in [2.05, 4.69) is 0 Å². The van der Waals surface area contributed by atoms with Gasteiger partial charge in [-0.3, -0.25) is 19.2 Å². The molecule has 0 atom stereocenters. The predicted octanol–water partition coefficient (Wildman–Crippen LogP) is 5.34. The first-order chi connectivity index (χ1) is 14.6. The molecule has 0 unspecified atom stereocenters. The highest BCUT2D eigenvalue weighted by Crippen LogP contribution is 2.26. The number of hydrogen-bond acceptors (Lipinski definition) is 4. The first-order valence-electron chi connectivity index (χ1n) is 10.3. The van der Waals surface area contributed by atoms with Crippen LogP contribution in [0.5, 0.6) is 0 Å². The van der Waals surface area contributed by atoms with E-state index in [1.807, 2.05) is 0 Å². The van der Waals surface area contributed by atoms with E-state index >= 15 is 0 Å². The fourth-order valence-electron chi connectivity index (χ4n) is 4.10. The third kappa shape index (κ3) is 3.86. The average molecular weight is 398 g/mol. The highest BCUT2D eigenvalue weighted by molar-refractivity contribution is 6.25. The van der Waals surface area contributed by atoms with E-state index in [1.54, 1.807) is 48.5 Å². The number of carbonyl (C=O) groups excluding carboxylic acids is 4. The van der Waals surface area contributed by atoms with Gasteiger partial charge >= 0.3 is 0 Å². The zero-order chi connectivity index (χ0) is 21.1. The Labute approximate surface area is 175 Å². The standard InChI is InChI=1S/C26H22O4/c27-23-15-17(25(29)21-13-7-5-11-19(21)23)9-3-1-2-4-10-18-16-24(28)20-12-6-8-14-22(20)26(18)30/h5-8,11-16H,1-4,9-10H2. The van der Waals surface area contributed by atoms with Crippen LogP contribution in [-0.4, -0.2) is 23.1 Å². The van der Waals surface area contributed by atoms with Gasteiger partial charge in [0.2, 0.25) is 0 Å². The molecule has 2 aliphatic carbocycles. The van der Waals surface area contributed by atoms with E-state index in [9.17, 15) is 19.2 Å². The van der Waals surface area contributed by atoms with Gasteiger partial charge < -0.3 is 0 Å². The summed E-state index contributed by atoms with van der Waals surface area (Å²) in [5.41, 5.74) is 3.10. The Morgan fingerprint density at radius 1 is 0.467 bits per heavy atom. The van der Waals surface area contributed by atoms with Crippen molar-refractivity contribution in [1.82, 2.24) is 0 Å². The Kier molecular flexibility index (Phi) is 5.66. The van der Waals surface area contributed by atoms with Gasteiger partial charge in [-0.15, -0.1) is 0 Å². The fraction of sp³-hybridized carbons (Fsp3) is 0.231. The van der Waals surface area contributed by atoms with Crippen molar-refractivity contribution >= 4 is 23.1 Å². The second-order valence-electron chi connectivity index (χ2n) is 7.73. The average Bonchev–Trinajstić information content (AvgIpc) is 2.77. The minimum atomic E-state index is -0.104. The zero-order valence-electron chi connectivity index (χ0n) is 16.6. The van der Waals surface area contributed by atoms with Crippen LogP contribution in [0.3, 0.4) is 0 Å². The number of allylic oxidation sites excluding steroid dienone is 4. The van der Waals surface area contributed by atoms with Gasteiger partial charge in [0.1, 0.15) is 0 Å². The summed E-state index contributed by atoms with van der Waals surface area (Å²) in [4.78, 5) is 49.5. The largest absolute Gasteiger partial charge is 0.289 e. The molecule has 0 heterocycles. The molecule has 2 aromatic carbocycles. The molecule has 0 saturated heterocycles. The first-order valence-corrected chi connectivity index (χ1v) is 10.3. The van der Waals surface area contributed by atoms with E-state index in [-0.39, 0.29) is 23.1 Å². The van der Waals surface area contributed by atoms with Crippen molar-refractivity contribution in [2.24, 2.45) is 0 Å². The lowest BCUT2D eigenvalue weighted by atomic mass is 9.86. The van der Waals surface area contributed by atoms with Crippen LogP contribution >= 0.6 is 0 Å². The normalized spacial score (nSPS) is 15.5. The summed E-state index contributed by atoms with van der Waals surface area (Å²) in [6.45, 7) is 0. The Hall–Kier alpha value is -3.40. The Morgan fingerprint density at radius 3 is 1.23 bits per heavy atom. The molecular formula is C26H22O4. The van der Waals surface area contributed by atoms with Crippen molar-refractivity contribution in [2.75, 3.05) is 0 Å². The summed E-state index contributed by atoms with van der Waals surface area (Å²) >= 11 is 0. The highest BCUT2D eigenvalue weighted by Gasteiger charge is 2.25. The van der Waals surface area contributed by atoms with Crippen LogP contribution in [0.1, 0.15) is 80.0 Å². The minimum absolute atomic E-state index is 0.0552. The molecule has 2 aromatic rings. The molecule has 0 amide bonds. The Morgan fingerprint density at radius 2 is 0.833 bits per heavy atom. The zero-order valence-corrected chi connectivity index (χ0v) is 16.6. The maximum absolute atomic E-state index is 12.6. The van der Waals surface area contributed by atoms with Gasteiger partial charge in [0.05, 0.1) is 0 Å². The van der Waals surface area contributed by atoms with Gasteiger partial charge in [-0.05, 0) is 37.8 Å². The summed E-state index contributed by atoms with van der Waals surface area (Å²) in [6, 6.07) is 13.9. The van der Waals surface area contributed by atoms with Gasteiger partial charge in [-0.1, -0.05) is 61.4 Å². The van der Waals surface area contributed by atoms with Crippen molar-refractivity contribution in [3.05, 3.63) is 94.1 Å². The van der Waals surface area contributed by atoms with Crippen molar-refractivity contribution in [3.8, 4) is 0 Å². The van der Waals surface area contributed by atoms with Gasteiger partial charge in [0.25, 0.3) is 0 Å². The molecule has 0 fully saturated rings. The smallest absolute Gasteiger partial charge is 0.189 e. The topological polar surface area (TPSA) is 68.3 Å². The molecule has 0 saturated carbocycles. The van der Waals surface area contributed by atoms with Crippen LogP contribution in [0, 0.1) is 0 Å². The molecule has 0 aliphatic heterocycles. The SMILES string of the molecule is O=C1C=C(CCCCCCC2=CC(=O)c3ccccc3C2=O)C(=O)c2ccccc21. The number of Topliss-reactive ketones (excluding diaryl/α,β-unsaturated/α-hetero) is 2. The van der Waals surface area contributed by atoms with Crippen LogP contribution in [-0.2, 0) is 0 Å². The van der Waals surface area contributed by atoms with Crippen LogP contribution in [0.4, 0.5) is 0 Å². The van der Waals surface area contributed by atoms with Crippen LogP contribution in [0.15, 0.2) is 71.8 Å². The van der Waals surface area contributed by atoms with Crippen molar-refractivity contribution in [3.63, 3.8) is 0 Å². The van der Waals surface area contributed by atoms with Crippen LogP contribution in [0.25, 0.3) is 0 Å². The molecule has 4 heteroatoms. The molecule has 0 radical (unpaired) electrons. The molecule has 30 heavy (non-hydrogen) atoms. The van der Waals surface area contributed by atoms with E-state index in [4.69, 9.17) is 0 Å². The lowest BCUT2D eigenvalue weighted by Gasteiger charge is -2.15. The number of hydrogen-bond donors (Lipinski definition) is 0. The third-order valence-corrected chi connectivity index (χ3v) is 5.71. The molecule has 0 N–H and O–H groups in total. The van der Waals surface area contributed by atoms with Crippen LogP contribution < -0.4 is 0 Å². The van der Waals surface area contributed by atoms with Crippen molar-refractivity contribution in [2.45, 2.75) is 38.5 Å². The Balaban J connectivity index is 1.25. The molecule has 2 aliphatic rings. The minimum Gasteiger partial charge on any atom is -0.289 e. The van der Waals surface area contributed by atoms with E-state index in [0.29, 0.717) is 46.2 Å². The maximum Gasteiger partial charge on any atom is 0.189 e. The summed E-state index contributed by atoms with van der Waals surface area (Å²) in [6.07, 6.45) is 7.50. The fourth-order valence-corrected chi connectivity index (χ4v) is 4.10. The van der Waals surface area contributed by atoms with Gasteiger partial charge in [-0.2, -0.15) is 0 Å². The van der Waals surface area contributed by atoms with Gasteiger partial charge in [0, 0.05) is 33.4 Å². The summed E-state index contributed by atoms with van der Waals surface area (Å²) in [5.74, 6) is -0.318. The molecule has 0 aromatic heterocycles. The maximum atomic E-state index is 12.6. The highest BCUT2D eigenvalue weighted by atomic mass is 16.1. The molecule has 0 spiro atoms. The monoisotopic (exact) mass is 398 g/mol. The number of rotatable bonds is 7. The molecule has 0 bridgehead atoms.